The molecule has 2 rings (SSSR count). The van der Waals surface area contributed by atoms with Crippen LogP contribution in [0.1, 0.15) is 0 Å². The van der Waals surface area contributed by atoms with E-state index in [9.17, 15) is 9.59 Å². The van der Waals surface area contributed by atoms with E-state index < -0.39 is 12.1 Å². The maximum absolute atomic E-state index is 11.8. The largest absolute Gasteiger partial charge is 0.344 e. The van der Waals surface area contributed by atoms with E-state index in [2.05, 4.69) is 10.6 Å². The Balaban J connectivity index is 1.95. The first kappa shape index (κ1) is 13.6. The molecule has 0 radical (unpaired) electrons. The molecule has 0 saturated heterocycles. The number of carbonyl (C=O) groups is 2. The molecule has 0 aromatic heterocycles. The number of benzene rings is 2. The van der Waals surface area contributed by atoms with Crippen LogP contribution in [0.2, 0.25) is 0 Å². The Hall–Kier alpha value is -2.86. The number of urea groups is 2. The van der Waals surface area contributed by atoms with Crippen molar-refractivity contribution in [3.63, 3.8) is 0 Å². The van der Waals surface area contributed by atoms with Gasteiger partial charge in [-0.05, 0) is 24.3 Å². The molecule has 0 spiro atoms. The van der Waals surface area contributed by atoms with Crippen LogP contribution >= 0.6 is 0 Å². The van der Waals surface area contributed by atoms with Gasteiger partial charge in [0.25, 0.3) is 0 Å². The molecule has 102 valence electrons. The third-order valence-electron chi connectivity index (χ3n) is 2.49. The number of nitrogens with two attached hydrogens (primary N) is 1. The molecule has 2 aromatic rings. The second-order valence-corrected chi connectivity index (χ2v) is 3.96. The Morgan fingerprint density at radius 2 is 1.10 bits per heavy atom. The quantitative estimate of drug-likeness (QED) is 0.445. The molecule has 4 N–H and O–H groups in total. The number of rotatable bonds is 2. The molecule has 0 unspecified atom stereocenters. The Labute approximate surface area is 116 Å². The average Bonchev–Trinajstić information content (AvgIpc) is 2.48. The summed E-state index contributed by atoms with van der Waals surface area (Å²) in [6.07, 6.45) is 0. The molecule has 6 nitrogen and oxygen atoms in total. The van der Waals surface area contributed by atoms with E-state index in [-0.39, 0.29) is 0 Å². The average molecular weight is 270 g/mol. The van der Waals surface area contributed by atoms with Crippen molar-refractivity contribution in [1.82, 2.24) is 5.01 Å². The van der Waals surface area contributed by atoms with Crippen molar-refractivity contribution >= 4 is 23.4 Å². The second kappa shape index (κ2) is 6.35. The van der Waals surface area contributed by atoms with E-state index in [0.717, 1.165) is 0 Å². The van der Waals surface area contributed by atoms with E-state index in [1.54, 1.807) is 48.5 Å². The molecular formula is C14H14N4O2. The molecular weight excluding hydrogens is 256 g/mol. The predicted molar refractivity (Wildman–Crippen MR) is 76.9 cm³/mol. The molecule has 0 fully saturated rings. The van der Waals surface area contributed by atoms with Crippen LogP contribution in [0.25, 0.3) is 0 Å². The fourth-order valence-electron chi connectivity index (χ4n) is 1.50. The normalized spacial score (nSPS) is 9.65. The van der Waals surface area contributed by atoms with Crippen molar-refractivity contribution in [2.75, 3.05) is 10.6 Å². The minimum Gasteiger partial charge on any atom is -0.306 e. The highest BCUT2D eigenvalue weighted by molar-refractivity contribution is 6.04. The fraction of sp³-hybridized carbons (Fsp3) is 0. The number of amides is 4. The van der Waals surface area contributed by atoms with Gasteiger partial charge in [0.1, 0.15) is 0 Å². The zero-order chi connectivity index (χ0) is 14.4. The van der Waals surface area contributed by atoms with Crippen molar-refractivity contribution in [3.8, 4) is 0 Å². The molecule has 20 heavy (non-hydrogen) atoms. The molecule has 6 heteroatoms. The van der Waals surface area contributed by atoms with Crippen molar-refractivity contribution in [2.24, 2.45) is 5.84 Å². The summed E-state index contributed by atoms with van der Waals surface area (Å²) >= 11 is 0. The molecule has 0 saturated carbocycles. The number of anilines is 2. The van der Waals surface area contributed by atoms with Gasteiger partial charge in [0.15, 0.2) is 0 Å². The number of hydrogen-bond acceptors (Lipinski definition) is 3. The Kier molecular flexibility index (Phi) is 4.31. The predicted octanol–water partition coefficient (Wildman–Crippen LogP) is 2.63. The van der Waals surface area contributed by atoms with Gasteiger partial charge in [0.05, 0.1) is 0 Å². The number of hydrogen-bond donors (Lipinski definition) is 3. The summed E-state index contributed by atoms with van der Waals surface area (Å²) < 4.78 is 0. The van der Waals surface area contributed by atoms with Crippen LogP contribution in [0.4, 0.5) is 21.0 Å². The lowest BCUT2D eigenvalue weighted by Crippen LogP contribution is -2.47. The molecule has 0 bridgehead atoms. The second-order valence-electron chi connectivity index (χ2n) is 3.96. The number of nitrogens with zero attached hydrogens (tertiary/aromatic N) is 1. The summed E-state index contributed by atoms with van der Waals surface area (Å²) in [5.41, 5.74) is 1.11. The van der Waals surface area contributed by atoms with Crippen molar-refractivity contribution in [1.29, 1.82) is 0 Å². The standard InChI is InChI=1S/C14H14N4O2/c15-18(13(19)16-11-7-3-1-4-8-11)14(20)17-12-9-5-2-6-10-12/h1-10H,15H2,(H,16,19)(H,17,20). The number of carbonyl (C=O) groups excluding carboxylic acids is 2. The van der Waals surface area contributed by atoms with Gasteiger partial charge in [0.2, 0.25) is 0 Å². The highest BCUT2D eigenvalue weighted by Crippen LogP contribution is 2.08. The molecule has 4 amide bonds. The van der Waals surface area contributed by atoms with Gasteiger partial charge in [-0.15, -0.1) is 0 Å². The van der Waals surface area contributed by atoms with Gasteiger partial charge in [-0.1, -0.05) is 36.4 Å². The molecule has 0 aliphatic rings. The number of para-hydroxylation sites is 2. The zero-order valence-electron chi connectivity index (χ0n) is 10.6. The highest BCUT2D eigenvalue weighted by atomic mass is 16.2. The van der Waals surface area contributed by atoms with E-state index in [1.807, 2.05) is 12.1 Å². The summed E-state index contributed by atoms with van der Waals surface area (Å²) in [6.45, 7) is 0. The first-order valence-corrected chi connectivity index (χ1v) is 5.94. The van der Waals surface area contributed by atoms with Gasteiger partial charge in [-0.3, -0.25) is 0 Å². The van der Waals surface area contributed by atoms with E-state index >= 15 is 0 Å². The monoisotopic (exact) mass is 270 g/mol. The maximum atomic E-state index is 11.8. The van der Waals surface area contributed by atoms with Crippen molar-refractivity contribution in [2.45, 2.75) is 0 Å². The number of hydrazine groups is 1. The lowest BCUT2D eigenvalue weighted by atomic mass is 10.3. The SMILES string of the molecule is NN(C(=O)Nc1ccccc1)C(=O)Nc1ccccc1. The zero-order valence-corrected chi connectivity index (χ0v) is 10.6. The molecule has 0 aliphatic carbocycles. The van der Waals surface area contributed by atoms with Crippen molar-refractivity contribution < 1.29 is 9.59 Å². The lowest BCUT2D eigenvalue weighted by molar-refractivity contribution is 0.203. The summed E-state index contributed by atoms with van der Waals surface area (Å²) in [5, 5.41) is 5.51. The highest BCUT2D eigenvalue weighted by Gasteiger charge is 2.17. The lowest BCUT2D eigenvalue weighted by Gasteiger charge is -2.16. The minimum atomic E-state index is -0.718. The van der Waals surface area contributed by atoms with E-state index in [1.165, 1.54) is 0 Å². The topological polar surface area (TPSA) is 87.5 Å². The van der Waals surface area contributed by atoms with Crippen LogP contribution in [-0.2, 0) is 0 Å². The van der Waals surface area contributed by atoms with Gasteiger partial charge in [0, 0.05) is 11.4 Å². The van der Waals surface area contributed by atoms with Crippen molar-refractivity contribution in [3.05, 3.63) is 60.7 Å². The smallest absolute Gasteiger partial charge is 0.306 e. The molecule has 2 aromatic carbocycles. The van der Waals surface area contributed by atoms with Crippen LogP contribution < -0.4 is 16.5 Å². The van der Waals surface area contributed by atoms with Crippen LogP contribution in [0.5, 0.6) is 0 Å². The minimum absolute atomic E-state index is 0.486. The Morgan fingerprint density at radius 3 is 1.45 bits per heavy atom. The summed E-state index contributed by atoms with van der Waals surface area (Å²) in [4.78, 5) is 23.5. The van der Waals surface area contributed by atoms with Crippen LogP contribution in [0.15, 0.2) is 60.7 Å². The number of imide groups is 1. The van der Waals surface area contributed by atoms with Gasteiger partial charge in [-0.2, -0.15) is 5.01 Å². The van der Waals surface area contributed by atoms with Gasteiger partial charge < -0.3 is 10.6 Å². The van der Waals surface area contributed by atoms with E-state index in [0.29, 0.717) is 16.4 Å². The van der Waals surface area contributed by atoms with Crippen LogP contribution in [0.3, 0.4) is 0 Å². The first-order valence-electron chi connectivity index (χ1n) is 5.94. The summed E-state index contributed by atoms with van der Waals surface area (Å²) in [7, 11) is 0. The van der Waals surface area contributed by atoms with Crippen LogP contribution in [-0.4, -0.2) is 17.1 Å². The van der Waals surface area contributed by atoms with Crippen LogP contribution in [0, 0.1) is 0 Å². The van der Waals surface area contributed by atoms with E-state index in [4.69, 9.17) is 5.84 Å². The molecule has 0 atom stereocenters. The third kappa shape index (κ3) is 3.56. The summed E-state index contributed by atoms with van der Waals surface area (Å²) in [5.74, 6) is 5.47. The fourth-order valence-corrected chi connectivity index (χ4v) is 1.50. The first-order chi connectivity index (χ1) is 9.66. The van der Waals surface area contributed by atoms with Gasteiger partial charge in [-0.25, -0.2) is 15.4 Å². The number of nitrogens with one attached hydrogen (secondary N) is 2. The Bertz CT molecular complexity index is 533. The third-order valence-corrected chi connectivity index (χ3v) is 2.49. The van der Waals surface area contributed by atoms with Gasteiger partial charge >= 0.3 is 12.1 Å². The molecule has 0 aliphatic heterocycles. The Morgan fingerprint density at radius 1 is 0.750 bits per heavy atom. The summed E-state index contributed by atoms with van der Waals surface area (Å²) in [6, 6.07) is 16.0. The molecule has 0 heterocycles. The maximum Gasteiger partial charge on any atom is 0.344 e.